The SMILES string of the molecule is COc1ccc(C(=O)Oc2c(I)cc(/C=C3\SC(=O)N(CC(=O)Nc4ccccc4)C3=O)cc2OC)cc1. The van der Waals surface area contributed by atoms with E-state index >= 15 is 0 Å². The van der Waals surface area contributed by atoms with Gasteiger partial charge in [-0.1, -0.05) is 18.2 Å². The summed E-state index contributed by atoms with van der Waals surface area (Å²) >= 11 is 2.74. The van der Waals surface area contributed by atoms with Crippen molar-refractivity contribution in [2.75, 3.05) is 26.1 Å². The zero-order valence-electron chi connectivity index (χ0n) is 20.2. The first-order valence-corrected chi connectivity index (χ1v) is 13.0. The first kappa shape index (κ1) is 27.2. The van der Waals surface area contributed by atoms with Gasteiger partial charge in [-0.3, -0.25) is 19.3 Å². The number of nitrogens with zero attached hydrogens (tertiary/aromatic N) is 1. The highest BCUT2D eigenvalue weighted by Gasteiger charge is 2.36. The fourth-order valence-electron chi connectivity index (χ4n) is 3.45. The summed E-state index contributed by atoms with van der Waals surface area (Å²) < 4.78 is 16.7. The molecule has 0 bridgehead atoms. The van der Waals surface area contributed by atoms with E-state index in [2.05, 4.69) is 5.32 Å². The lowest BCUT2D eigenvalue weighted by Crippen LogP contribution is -2.36. The molecule has 1 fully saturated rings. The molecular formula is C27H21IN2O7S. The first-order chi connectivity index (χ1) is 18.3. The standard InChI is InChI=1S/C27H21IN2O7S/c1-35-19-10-8-17(9-11-19)26(33)37-24-20(28)12-16(13-21(24)36-2)14-22-25(32)30(27(34)38-22)15-23(31)29-18-6-4-3-5-7-18/h3-14H,15H2,1-2H3,(H,29,31)/b22-14-. The van der Waals surface area contributed by atoms with E-state index in [4.69, 9.17) is 14.2 Å². The molecule has 0 aliphatic carbocycles. The summed E-state index contributed by atoms with van der Waals surface area (Å²) in [4.78, 5) is 51.4. The van der Waals surface area contributed by atoms with Gasteiger partial charge < -0.3 is 19.5 Å². The first-order valence-electron chi connectivity index (χ1n) is 11.1. The maximum Gasteiger partial charge on any atom is 0.343 e. The van der Waals surface area contributed by atoms with Gasteiger partial charge in [-0.25, -0.2) is 4.79 Å². The lowest BCUT2D eigenvalue weighted by atomic mass is 10.1. The molecule has 0 atom stereocenters. The monoisotopic (exact) mass is 644 g/mol. The van der Waals surface area contributed by atoms with E-state index in [0.717, 1.165) is 16.7 Å². The molecule has 0 spiro atoms. The molecule has 4 rings (SSSR count). The summed E-state index contributed by atoms with van der Waals surface area (Å²) in [7, 11) is 2.96. The fourth-order valence-corrected chi connectivity index (χ4v) is 5.03. The highest BCUT2D eigenvalue weighted by Crippen LogP contribution is 2.37. The number of carbonyl (C=O) groups is 4. The van der Waals surface area contributed by atoms with E-state index in [-0.39, 0.29) is 16.4 Å². The Balaban J connectivity index is 1.49. The quantitative estimate of drug-likeness (QED) is 0.154. The van der Waals surface area contributed by atoms with Crippen molar-refractivity contribution in [1.29, 1.82) is 0 Å². The summed E-state index contributed by atoms with van der Waals surface area (Å²) in [5.41, 5.74) is 1.45. The third-order valence-electron chi connectivity index (χ3n) is 5.30. The minimum atomic E-state index is -0.577. The van der Waals surface area contributed by atoms with Gasteiger partial charge in [-0.2, -0.15) is 0 Å². The number of benzene rings is 3. The molecular weight excluding hydrogens is 623 g/mol. The number of anilines is 1. The lowest BCUT2D eigenvalue weighted by molar-refractivity contribution is -0.127. The lowest BCUT2D eigenvalue weighted by Gasteiger charge is -2.13. The number of halogens is 1. The zero-order chi connectivity index (χ0) is 27.2. The van der Waals surface area contributed by atoms with Crippen LogP contribution in [0.4, 0.5) is 10.5 Å². The highest BCUT2D eigenvalue weighted by molar-refractivity contribution is 14.1. The largest absolute Gasteiger partial charge is 0.497 e. The molecule has 1 aliphatic heterocycles. The van der Waals surface area contributed by atoms with Crippen molar-refractivity contribution in [3.63, 3.8) is 0 Å². The Bertz CT molecular complexity index is 1430. The molecule has 3 aromatic rings. The number of amides is 3. The van der Waals surface area contributed by atoms with E-state index in [0.29, 0.717) is 26.1 Å². The van der Waals surface area contributed by atoms with Crippen LogP contribution in [0.3, 0.4) is 0 Å². The maximum absolute atomic E-state index is 12.9. The van der Waals surface area contributed by atoms with Crippen LogP contribution in [-0.4, -0.2) is 48.7 Å². The number of ether oxygens (including phenoxy) is 3. The Morgan fingerprint density at radius 3 is 2.37 bits per heavy atom. The Hall–Kier alpha value is -3.84. The second kappa shape index (κ2) is 12.1. The van der Waals surface area contributed by atoms with Gasteiger partial charge in [-0.05, 0) is 94.5 Å². The van der Waals surface area contributed by atoms with Gasteiger partial charge in [0.15, 0.2) is 11.5 Å². The van der Waals surface area contributed by atoms with Crippen molar-refractivity contribution < 1.29 is 33.4 Å². The smallest absolute Gasteiger partial charge is 0.343 e. The average Bonchev–Trinajstić information content (AvgIpc) is 3.17. The van der Waals surface area contributed by atoms with Gasteiger partial charge in [0.2, 0.25) is 5.91 Å². The molecule has 9 nitrogen and oxygen atoms in total. The molecule has 0 radical (unpaired) electrons. The number of esters is 1. The van der Waals surface area contributed by atoms with Crippen LogP contribution >= 0.6 is 34.4 Å². The predicted octanol–water partition coefficient (Wildman–Crippen LogP) is 5.20. The van der Waals surface area contributed by atoms with Crippen molar-refractivity contribution in [2.45, 2.75) is 0 Å². The second-order valence-corrected chi connectivity index (χ2v) is 9.99. The van der Waals surface area contributed by atoms with Crippen LogP contribution in [0.1, 0.15) is 15.9 Å². The molecule has 1 saturated heterocycles. The molecule has 1 heterocycles. The van der Waals surface area contributed by atoms with Crippen LogP contribution < -0.4 is 19.5 Å². The topological polar surface area (TPSA) is 111 Å². The molecule has 0 saturated carbocycles. The predicted molar refractivity (Wildman–Crippen MR) is 151 cm³/mol. The van der Waals surface area contributed by atoms with E-state index in [1.54, 1.807) is 60.7 Å². The third kappa shape index (κ3) is 6.34. The van der Waals surface area contributed by atoms with Gasteiger partial charge in [0.1, 0.15) is 12.3 Å². The number of nitrogens with one attached hydrogen (secondary N) is 1. The van der Waals surface area contributed by atoms with E-state index < -0.39 is 29.6 Å². The normalized spacial score (nSPS) is 14.0. The van der Waals surface area contributed by atoms with Crippen LogP contribution in [-0.2, 0) is 9.59 Å². The number of thioether (sulfide) groups is 1. The van der Waals surface area contributed by atoms with Crippen LogP contribution in [0.2, 0.25) is 0 Å². The minimum absolute atomic E-state index is 0.156. The minimum Gasteiger partial charge on any atom is -0.497 e. The Morgan fingerprint density at radius 1 is 1.00 bits per heavy atom. The Kier molecular flexibility index (Phi) is 8.69. The molecule has 194 valence electrons. The molecule has 3 aromatic carbocycles. The number of hydrogen-bond acceptors (Lipinski definition) is 8. The molecule has 3 amide bonds. The summed E-state index contributed by atoms with van der Waals surface area (Å²) in [5, 5.41) is 2.11. The van der Waals surface area contributed by atoms with Crippen molar-refractivity contribution in [3.05, 3.63) is 86.3 Å². The van der Waals surface area contributed by atoms with Gasteiger partial charge in [-0.15, -0.1) is 0 Å². The van der Waals surface area contributed by atoms with Gasteiger partial charge >= 0.3 is 5.97 Å². The number of carbonyl (C=O) groups excluding carboxylic acids is 4. The van der Waals surface area contributed by atoms with Crippen LogP contribution in [0, 0.1) is 3.57 Å². The average molecular weight is 644 g/mol. The van der Waals surface area contributed by atoms with Crippen molar-refractivity contribution >= 4 is 69.1 Å². The van der Waals surface area contributed by atoms with Crippen LogP contribution in [0.15, 0.2) is 71.6 Å². The van der Waals surface area contributed by atoms with Crippen molar-refractivity contribution in [2.24, 2.45) is 0 Å². The fraction of sp³-hybridized carbons (Fsp3) is 0.111. The summed E-state index contributed by atoms with van der Waals surface area (Å²) in [6, 6.07) is 18.5. The molecule has 1 N–H and O–H groups in total. The van der Waals surface area contributed by atoms with Crippen LogP contribution in [0.25, 0.3) is 6.08 Å². The second-order valence-electron chi connectivity index (χ2n) is 7.83. The van der Waals surface area contributed by atoms with Crippen molar-refractivity contribution in [3.8, 4) is 17.2 Å². The molecule has 0 unspecified atom stereocenters. The van der Waals surface area contributed by atoms with Crippen molar-refractivity contribution in [1.82, 2.24) is 4.90 Å². The molecule has 11 heteroatoms. The maximum atomic E-state index is 12.9. The zero-order valence-corrected chi connectivity index (χ0v) is 23.2. The van der Waals surface area contributed by atoms with Gasteiger partial charge in [0.05, 0.1) is 28.3 Å². The van der Waals surface area contributed by atoms with E-state index in [9.17, 15) is 19.2 Å². The van der Waals surface area contributed by atoms with Gasteiger partial charge in [0, 0.05) is 5.69 Å². The van der Waals surface area contributed by atoms with Crippen LogP contribution in [0.5, 0.6) is 17.2 Å². The Labute approximate surface area is 236 Å². The highest BCUT2D eigenvalue weighted by atomic mass is 127. The van der Waals surface area contributed by atoms with Gasteiger partial charge in [0.25, 0.3) is 11.1 Å². The third-order valence-corrected chi connectivity index (χ3v) is 7.01. The number of hydrogen-bond donors (Lipinski definition) is 1. The molecule has 1 aliphatic rings. The number of methoxy groups -OCH3 is 2. The summed E-state index contributed by atoms with van der Waals surface area (Å²) in [6.07, 6.45) is 1.53. The Morgan fingerprint density at radius 2 is 1.71 bits per heavy atom. The number of imide groups is 1. The molecule has 0 aromatic heterocycles. The van der Waals surface area contributed by atoms with E-state index in [1.807, 2.05) is 28.7 Å². The number of para-hydroxylation sites is 1. The summed E-state index contributed by atoms with van der Waals surface area (Å²) in [6.45, 7) is -0.405. The molecule has 38 heavy (non-hydrogen) atoms. The van der Waals surface area contributed by atoms with E-state index in [1.165, 1.54) is 20.3 Å². The summed E-state index contributed by atoms with van der Waals surface area (Å²) in [5.74, 6) is -0.541. The number of rotatable bonds is 8.